The summed E-state index contributed by atoms with van der Waals surface area (Å²) in [7, 11) is 0. The summed E-state index contributed by atoms with van der Waals surface area (Å²) >= 11 is 0. The molecule has 0 fully saturated rings. The van der Waals surface area contributed by atoms with Crippen molar-refractivity contribution in [3.05, 3.63) is 71.8 Å². The summed E-state index contributed by atoms with van der Waals surface area (Å²) in [5.74, 6) is -0.732. The number of pyridine rings is 1. The van der Waals surface area contributed by atoms with Crippen LogP contribution in [0.5, 0.6) is 0 Å². The van der Waals surface area contributed by atoms with Crippen LogP contribution in [0.15, 0.2) is 54.9 Å². The van der Waals surface area contributed by atoms with Crippen LogP contribution in [0.4, 0.5) is 4.39 Å². The lowest BCUT2D eigenvalue weighted by Gasteiger charge is -2.26. The minimum Gasteiger partial charge on any atom is -0.346 e. The first-order valence-electron chi connectivity index (χ1n) is 7.89. The van der Waals surface area contributed by atoms with Gasteiger partial charge in [-0.2, -0.15) is 0 Å². The van der Waals surface area contributed by atoms with Crippen molar-refractivity contribution in [2.75, 3.05) is 13.1 Å². The number of aromatic nitrogens is 2. The number of amides is 1. The van der Waals surface area contributed by atoms with Gasteiger partial charge in [-0.05, 0) is 36.3 Å². The Balaban J connectivity index is 1.57. The zero-order valence-corrected chi connectivity index (χ0v) is 13.0. The lowest BCUT2D eigenvalue weighted by atomic mass is 9.99. The number of hydrogen-bond donors (Lipinski definition) is 1. The number of rotatable bonds is 2. The van der Waals surface area contributed by atoms with Crippen molar-refractivity contribution in [3.63, 3.8) is 0 Å². The van der Waals surface area contributed by atoms with Crippen molar-refractivity contribution in [2.24, 2.45) is 0 Å². The van der Waals surface area contributed by atoms with Crippen molar-refractivity contribution in [1.82, 2.24) is 14.9 Å². The molecule has 1 N–H and O–H groups in total. The quantitative estimate of drug-likeness (QED) is 0.783. The van der Waals surface area contributed by atoms with Crippen LogP contribution in [0.2, 0.25) is 0 Å². The summed E-state index contributed by atoms with van der Waals surface area (Å²) < 4.78 is 13.8. The minimum atomic E-state index is -0.472. The first-order valence-corrected chi connectivity index (χ1v) is 7.89. The number of nitrogens with one attached hydrogen (secondary N) is 1. The molecule has 24 heavy (non-hydrogen) atoms. The second-order valence-corrected chi connectivity index (χ2v) is 5.81. The van der Waals surface area contributed by atoms with Crippen LogP contribution < -0.4 is 0 Å². The van der Waals surface area contributed by atoms with Crippen LogP contribution in [-0.4, -0.2) is 33.9 Å². The maximum absolute atomic E-state index is 13.8. The number of nitrogens with zero attached hydrogens (tertiary/aromatic N) is 2. The van der Waals surface area contributed by atoms with Gasteiger partial charge in [0.1, 0.15) is 11.5 Å². The molecule has 0 radical (unpaired) electrons. The first-order chi connectivity index (χ1) is 11.7. The minimum absolute atomic E-state index is 0.130. The highest BCUT2D eigenvalue weighted by Crippen LogP contribution is 2.28. The van der Waals surface area contributed by atoms with Crippen LogP contribution in [0, 0.1) is 5.82 Å². The molecule has 0 saturated heterocycles. The molecule has 1 aromatic carbocycles. The number of halogens is 1. The summed E-state index contributed by atoms with van der Waals surface area (Å²) in [6.45, 7) is 1.06. The molecule has 4 nitrogen and oxygen atoms in total. The molecular weight excluding hydrogens is 305 g/mol. The molecule has 1 amide bonds. The fraction of sp³-hybridized carbons (Fsp3) is 0.158. The lowest BCUT2D eigenvalue weighted by Crippen LogP contribution is -2.35. The van der Waals surface area contributed by atoms with Crippen molar-refractivity contribution >= 4 is 22.5 Å². The van der Waals surface area contributed by atoms with Gasteiger partial charge in [-0.1, -0.05) is 18.2 Å². The highest BCUT2D eigenvalue weighted by Gasteiger charge is 2.22. The number of aromatic amines is 1. The Morgan fingerprint density at radius 1 is 1.21 bits per heavy atom. The SMILES string of the molecule is O=C(c1ccccc1F)N1CC=C(c2c[nH]c3ncccc23)CC1. The summed E-state index contributed by atoms with van der Waals surface area (Å²) in [6, 6.07) is 10.1. The molecule has 2 aromatic heterocycles. The Morgan fingerprint density at radius 2 is 2.08 bits per heavy atom. The molecule has 0 unspecified atom stereocenters. The van der Waals surface area contributed by atoms with Crippen LogP contribution >= 0.6 is 0 Å². The summed E-state index contributed by atoms with van der Waals surface area (Å²) in [5.41, 5.74) is 3.30. The molecule has 0 aliphatic carbocycles. The van der Waals surface area contributed by atoms with Gasteiger partial charge in [-0.3, -0.25) is 4.79 Å². The second kappa shape index (κ2) is 5.92. The van der Waals surface area contributed by atoms with Crippen LogP contribution in [-0.2, 0) is 0 Å². The summed E-state index contributed by atoms with van der Waals surface area (Å²) in [4.78, 5) is 21.6. The van der Waals surface area contributed by atoms with E-state index in [-0.39, 0.29) is 11.5 Å². The van der Waals surface area contributed by atoms with E-state index in [1.807, 2.05) is 24.4 Å². The van der Waals surface area contributed by atoms with E-state index < -0.39 is 5.82 Å². The third-order valence-corrected chi connectivity index (χ3v) is 4.40. The van der Waals surface area contributed by atoms with Gasteiger partial charge in [0.15, 0.2) is 0 Å². The molecule has 5 heteroatoms. The number of carbonyl (C=O) groups excluding carboxylic acids is 1. The molecule has 0 bridgehead atoms. The summed E-state index contributed by atoms with van der Waals surface area (Å²) in [5, 5.41) is 1.08. The fourth-order valence-electron chi connectivity index (χ4n) is 3.12. The maximum atomic E-state index is 13.8. The van der Waals surface area contributed by atoms with E-state index in [9.17, 15) is 9.18 Å². The molecule has 3 aromatic rings. The van der Waals surface area contributed by atoms with Crippen molar-refractivity contribution in [1.29, 1.82) is 0 Å². The number of benzene rings is 1. The molecule has 0 atom stereocenters. The molecule has 3 heterocycles. The largest absolute Gasteiger partial charge is 0.346 e. The third kappa shape index (κ3) is 2.48. The number of hydrogen-bond acceptors (Lipinski definition) is 2. The van der Waals surface area contributed by atoms with Gasteiger partial charge < -0.3 is 9.88 Å². The number of fused-ring (bicyclic) bond motifs is 1. The first kappa shape index (κ1) is 14.6. The Labute approximate surface area is 138 Å². The Kier molecular flexibility index (Phi) is 3.61. The second-order valence-electron chi connectivity index (χ2n) is 5.81. The normalized spacial score (nSPS) is 14.7. The lowest BCUT2D eigenvalue weighted by molar-refractivity contribution is 0.0768. The standard InChI is InChI=1S/C19H16FN3O/c20-17-6-2-1-4-15(17)19(24)23-10-7-13(8-11-23)16-12-22-18-14(16)5-3-9-21-18/h1-7,9,12H,8,10-11H2,(H,21,22). The molecule has 1 aliphatic heterocycles. The van der Waals surface area contributed by atoms with Crippen LogP contribution in [0.3, 0.4) is 0 Å². The Bertz CT molecular complexity index is 944. The van der Waals surface area contributed by atoms with Crippen molar-refractivity contribution in [3.8, 4) is 0 Å². The monoisotopic (exact) mass is 321 g/mol. The number of carbonyl (C=O) groups is 1. The molecule has 0 saturated carbocycles. The topological polar surface area (TPSA) is 49.0 Å². The third-order valence-electron chi connectivity index (χ3n) is 4.40. The van der Waals surface area contributed by atoms with Gasteiger partial charge in [0.05, 0.1) is 5.56 Å². The van der Waals surface area contributed by atoms with Crippen molar-refractivity contribution in [2.45, 2.75) is 6.42 Å². The maximum Gasteiger partial charge on any atom is 0.257 e. The average Bonchev–Trinajstić information content (AvgIpc) is 3.06. The van der Waals surface area contributed by atoms with Crippen LogP contribution in [0.25, 0.3) is 16.6 Å². The van der Waals surface area contributed by atoms with E-state index >= 15 is 0 Å². The van der Waals surface area contributed by atoms with E-state index in [0.29, 0.717) is 13.1 Å². The van der Waals surface area contributed by atoms with E-state index in [2.05, 4.69) is 9.97 Å². The van der Waals surface area contributed by atoms with E-state index in [1.54, 1.807) is 23.2 Å². The molecular formula is C19H16FN3O. The highest BCUT2D eigenvalue weighted by molar-refractivity contribution is 5.96. The Morgan fingerprint density at radius 3 is 2.88 bits per heavy atom. The van der Waals surface area contributed by atoms with Gasteiger partial charge in [0.25, 0.3) is 5.91 Å². The molecule has 4 rings (SSSR count). The molecule has 1 aliphatic rings. The predicted molar refractivity (Wildman–Crippen MR) is 91.0 cm³/mol. The summed E-state index contributed by atoms with van der Waals surface area (Å²) in [6.07, 6.45) is 6.49. The van der Waals surface area contributed by atoms with Gasteiger partial charge in [-0.25, -0.2) is 9.37 Å². The van der Waals surface area contributed by atoms with E-state index in [0.717, 1.165) is 23.0 Å². The smallest absolute Gasteiger partial charge is 0.257 e. The van der Waals surface area contributed by atoms with E-state index in [4.69, 9.17) is 0 Å². The Hall–Kier alpha value is -2.95. The number of H-pyrrole nitrogens is 1. The predicted octanol–water partition coefficient (Wildman–Crippen LogP) is 3.63. The van der Waals surface area contributed by atoms with Gasteiger partial charge in [0.2, 0.25) is 0 Å². The van der Waals surface area contributed by atoms with Crippen LogP contribution in [0.1, 0.15) is 22.3 Å². The zero-order chi connectivity index (χ0) is 16.5. The van der Waals surface area contributed by atoms with Gasteiger partial charge in [-0.15, -0.1) is 0 Å². The van der Waals surface area contributed by atoms with Crippen molar-refractivity contribution < 1.29 is 9.18 Å². The van der Waals surface area contributed by atoms with Gasteiger partial charge in [0, 0.05) is 36.4 Å². The molecule has 120 valence electrons. The average molecular weight is 321 g/mol. The molecule has 0 spiro atoms. The zero-order valence-electron chi connectivity index (χ0n) is 13.0. The van der Waals surface area contributed by atoms with E-state index in [1.165, 1.54) is 17.7 Å². The fourth-order valence-corrected chi connectivity index (χ4v) is 3.12. The highest BCUT2D eigenvalue weighted by atomic mass is 19.1. The van der Waals surface area contributed by atoms with Gasteiger partial charge >= 0.3 is 0 Å².